The normalized spacial score (nSPS) is 25.3. The van der Waals surface area contributed by atoms with E-state index in [1.165, 1.54) is 13.3 Å². The molecule has 32 heavy (non-hydrogen) atoms. The maximum atomic E-state index is 11.6. The summed E-state index contributed by atoms with van der Waals surface area (Å²) in [6.07, 6.45) is 17.6. The molecule has 1 aliphatic heterocycles. The van der Waals surface area contributed by atoms with Crippen molar-refractivity contribution in [1.82, 2.24) is 10.6 Å². The van der Waals surface area contributed by atoms with Crippen LogP contribution in [-0.2, 0) is 14.4 Å². The van der Waals surface area contributed by atoms with Gasteiger partial charge in [0.1, 0.15) is 11.8 Å². The van der Waals surface area contributed by atoms with Crippen LogP contribution in [-0.4, -0.2) is 34.8 Å². The van der Waals surface area contributed by atoms with Crippen LogP contribution in [0.25, 0.3) is 0 Å². The van der Waals surface area contributed by atoms with Crippen molar-refractivity contribution < 1.29 is 19.5 Å². The highest BCUT2D eigenvalue weighted by Crippen LogP contribution is 2.29. The first-order chi connectivity index (χ1) is 15.2. The number of carboxylic acid groups (broad SMARTS) is 1. The minimum Gasteiger partial charge on any atom is -0.480 e. The van der Waals surface area contributed by atoms with E-state index in [-0.39, 0.29) is 18.4 Å². The standard InChI is InChI=1S/C14H20N2O3.C12H20O/c1-4-5-6-11-7-12(15-9(11)2)8-13(14(18)19)16-10(3)17;1-3-4-5-8-11-10(2)7-6-9-12(11)13/h4-7,9,13,15H,8H2,1-3H3,(H,16,17)(H,18,19);4-5,10-11H,3,6-9H2,1-2H3/b5-4-,11-6-;5-4+. The molecule has 1 aliphatic carbocycles. The van der Waals surface area contributed by atoms with E-state index in [1.54, 1.807) is 0 Å². The summed E-state index contributed by atoms with van der Waals surface area (Å²) in [7, 11) is 0. The monoisotopic (exact) mass is 444 g/mol. The number of nitrogens with one attached hydrogen (secondary N) is 2. The second-order valence-corrected chi connectivity index (χ2v) is 8.58. The number of hydrogen-bond acceptors (Lipinski definition) is 4. The highest BCUT2D eigenvalue weighted by molar-refractivity contribution is 5.82. The molecule has 6 heteroatoms. The highest BCUT2D eigenvalue weighted by Gasteiger charge is 2.27. The zero-order valence-corrected chi connectivity index (χ0v) is 20.2. The number of carboxylic acids is 1. The predicted molar refractivity (Wildman–Crippen MR) is 129 cm³/mol. The average Bonchev–Trinajstić information content (AvgIpc) is 3.07. The third kappa shape index (κ3) is 9.67. The summed E-state index contributed by atoms with van der Waals surface area (Å²) in [4.78, 5) is 33.6. The Morgan fingerprint density at radius 2 is 2.03 bits per heavy atom. The van der Waals surface area contributed by atoms with Gasteiger partial charge in [0, 0.05) is 37.4 Å². The zero-order valence-electron chi connectivity index (χ0n) is 20.2. The van der Waals surface area contributed by atoms with E-state index in [1.807, 2.05) is 38.2 Å². The van der Waals surface area contributed by atoms with Gasteiger partial charge in [-0.05, 0) is 57.1 Å². The van der Waals surface area contributed by atoms with Crippen molar-refractivity contribution in [1.29, 1.82) is 0 Å². The van der Waals surface area contributed by atoms with Gasteiger partial charge in [-0.3, -0.25) is 9.59 Å². The number of allylic oxidation sites excluding steroid dienone is 5. The molecule has 0 aromatic heterocycles. The summed E-state index contributed by atoms with van der Waals surface area (Å²) in [5.41, 5.74) is 1.92. The van der Waals surface area contributed by atoms with Crippen LogP contribution in [0.4, 0.5) is 0 Å². The van der Waals surface area contributed by atoms with Crippen LogP contribution in [0, 0.1) is 11.8 Å². The maximum Gasteiger partial charge on any atom is 0.326 e. The van der Waals surface area contributed by atoms with E-state index < -0.39 is 12.0 Å². The van der Waals surface area contributed by atoms with Gasteiger partial charge in [0.15, 0.2) is 0 Å². The SMILES string of the molecule is C/C=C\C=C1\C=C(CC(NC(C)=O)C(=O)O)NC1C.CC/C=C/CC1C(=O)CCCC1C. The lowest BCUT2D eigenvalue weighted by atomic mass is 9.77. The van der Waals surface area contributed by atoms with Gasteiger partial charge in [-0.25, -0.2) is 4.79 Å². The van der Waals surface area contributed by atoms with Crippen LogP contribution < -0.4 is 10.6 Å². The van der Waals surface area contributed by atoms with Crippen LogP contribution in [0.15, 0.2) is 47.7 Å². The van der Waals surface area contributed by atoms with Crippen molar-refractivity contribution in [3.63, 3.8) is 0 Å². The topological polar surface area (TPSA) is 95.5 Å². The van der Waals surface area contributed by atoms with Crippen molar-refractivity contribution in [3.8, 4) is 0 Å². The number of hydrogen-bond donors (Lipinski definition) is 3. The molecule has 1 amide bonds. The van der Waals surface area contributed by atoms with E-state index in [0.29, 0.717) is 17.6 Å². The first kappa shape index (κ1) is 27.4. The fourth-order valence-corrected chi connectivity index (χ4v) is 3.99. The van der Waals surface area contributed by atoms with Gasteiger partial charge >= 0.3 is 5.97 Å². The molecule has 0 radical (unpaired) electrons. The lowest BCUT2D eigenvalue weighted by molar-refractivity contribution is -0.141. The van der Waals surface area contributed by atoms with Crippen LogP contribution in [0.1, 0.15) is 73.1 Å². The number of carbonyl (C=O) groups excluding carboxylic acids is 2. The summed E-state index contributed by atoms with van der Waals surface area (Å²) in [5.74, 6) is 0.0268. The van der Waals surface area contributed by atoms with E-state index in [4.69, 9.17) is 5.11 Å². The van der Waals surface area contributed by atoms with Gasteiger partial charge in [0.05, 0.1) is 0 Å². The fraction of sp³-hybridized carbons (Fsp3) is 0.577. The molecule has 0 aromatic rings. The molecule has 2 aliphatic rings. The first-order valence-corrected chi connectivity index (χ1v) is 11.7. The summed E-state index contributed by atoms with van der Waals surface area (Å²) in [6, 6.07) is -0.748. The fourth-order valence-electron chi connectivity index (χ4n) is 3.99. The minimum absolute atomic E-state index is 0.151. The molecule has 1 saturated carbocycles. The lowest BCUT2D eigenvalue weighted by Crippen LogP contribution is -2.40. The molecule has 2 rings (SSSR count). The number of Topliss-reactive ketones (excluding diaryl/α,β-unsaturated/α-hetero) is 1. The molecular formula is C26H40N2O4. The van der Waals surface area contributed by atoms with Gasteiger partial charge in [-0.15, -0.1) is 0 Å². The molecule has 1 heterocycles. The zero-order chi connectivity index (χ0) is 24.1. The Morgan fingerprint density at radius 3 is 2.59 bits per heavy atom. The van der Waals surface area contributed by atoms with Gasteiger partial charge < -0.3 is 15.7 Å². The van der Waals surface area contributed by atoms with Gasteiger partial charge in [0.2, 0.25) is 5.91 Å². The van der Waals surface area contributed by atoms with E-state index in [9.17, 15) is 14.4 Å². The van der Waals surface area contributed by atoms with Crippen molar-refractivity contribution in [2.24, 2.45) is 11.8 Å². The summed E-state index contributed by atoms with van der Waals surface area (Å²) in [6.45, 7) is 9.59. The highest BCUT2D eigenvalue weighted by atomic mass is 16.4. The molecule has 178 valence electrons. The van der Waals surface area contributed by atoms with Crippen LogP contribution in [0.2, 0.25) is 0 Å². The molecule has 4 atom stereocenters. The average molecular weight is 445 g/mol. The summed E-state index contributed by atoms with van der Waals surface area (Å²) in [5, 5.41) is 14.7. The van der Waals surface area contributed by atoms with Crippen molar-refractivity contribution in [3.05, 3.63) is 47.7 Å². The smallest absolute Gasteiger partial charge is 0.326 e. The van der Waals surface area contributed by atoms with Crippen molar-refractivity contribution in [2.45, 2.75) is 85.2 Å². The van der Waals surface area contributed by atoms with E-state index in [2.05, 4.69) is 36.6 Å². The Balaban J connectivity index is 0.000000343. The Labute approximate surface area is 192 Å². The van der Waals surface area contributed by atoms with Gasteiger partial charge in [0.25, 0.3) is 0 Å². The van der Waals surface area contributed by atoms with Crippen LogP contribution in [0.3, 0.4) is 0 Å². The number of carbonyl (C=O) groups is 3. The number of rotatable bonds is 8. The predicted octanol–water partition coefficient (Wildman–Crippen LogP) is 4.69. The Morgan fingerprint density at radius 1 is 1.31 bits per heavy atom. The quantitative estimate of drug-likeness (QED) is 0.472. The molecule has 6 nitrogen and oxygen atoms in total. The molecule has 0 bridgehead atoms. The number of ketones is 1. The molecule has 0 saturated heterocycles. The maximum absolute atomic E-state index is 11.6. The second kappa shape index (κ2) is 14.4. The minimum atomic E-state index is -1.03. The second-order valence-electron chi connectivity index (χ2n) is 8.58. The number of aliphatic carboxylic acids is 1. The third-order valence-corrected chi connectivity index (χ3v) is 5.80. The molecule has 3 N–H and O–H groups in total. The molecule has 0 spiro atoms. The molecule has 0 aromatic carbocycles. The van der Waals surface area contributed by atoms with Gasteiger partial charge in [-0.2, -0.15) is 0 Å². The van der Waals surface area contributed by atoms with Crippen molar-refractivity contribution in [2.75, 3.05) is 0 Å². The van der Waals surface area contributed by atoms with Crippen LogP contribution >= 0.6 is 0 Å². The molecule has 4 unspecified atom stereocenters. The Bertz CT molecular complexity index is 764. The van der Waals surface area contributed by atoms with Gasteiger partial charge in [-0.1, -0.05) is 44.2 Å². The van der Waals surface area contributed by atoms with E-state index in [0.717, 1.165) is 37.0 Å². The molecular weight excluding hydrogens is 404 g/mol. The summed E-state index contributed by atoms with van der Waals surface area (Å²) < 4.78 is 0. The largest absolute Gasteiger partial charge is 0.480 e. The Kier molecular flexibility index (Phi) is 12.4. The first-order valence-electron chi connectivity index (χ1n) is 11.7. The lowest BCUT2D eigenvalue weighted by Gasteiger charge is -2.26. The number of amides is 1. The molecule has 1 fully saturated rings. The van der Waals surface area contributed by atoms with E-state index >= 15 is 0 Å². The van der Waals surface area contributed by atoms with Crippen molar-refractivity contribution >= 4 is 17.7 Å². The Hall–Kier alpha value is -2.63. The summed E-state index contributed by atoms with van der Waals surface area (Å²) >= 11 is 0. The van der Waals surface area contributed by atoms with Crippen LogP contribution in [0.5, 0.6) is 0 Å². The third-order valence-electron chi connectivity index (χ3n) is 5.80.